The Labute approximate surface area is 109 Å². The minimum atomic E-state index is -0.313. The molecule has 1 N–H and O–H groups in total. The number of nitrogens with zero attached hydrogens (tertiary/aromatic N) is 1. The van der Waals surface area contributed by atoms with Crippen LogP contribution in [-0.4, -0.2) is 38.2 Å². The first-order valence-electron chi connectivity index (χ1n) is 5.65. The Morgan fingerprint density at radius 3 is 2.76 bits per heavy atom. The van der Waals surface area contributed by atoms with Crippen LogP contribution in [0.5, 0.6) is 5.75 Å². The van der Waals surface area contributed by atoms with Crippen LogP contribution in [0.3, 0.4) is 0 Å². The van der Waals surface area contributed by atoms with E-state index in [1.54, 1.807) is 0 Å². The summed E-state index contributed by atoms with van der Waals surface area (Å²) in [4.78, 5) is 2.29. The van der Waals surface area contributed by atoms with Crippen LogP contribution >= 0.6 is 15.9 Å². The highest BCUT2D eigenvalue weighted by molar-refractivity contribution is 9.10. The molecule has 0 atom stereocenters. The number of benzene rings is 1. The number of methoxy groups -OCH3 is 1. The smallest absolute Gasteiger partial charge is 0.166 e. The summed E-state index contributed by atoms with van der Waals surface area (Å²) in [6.07, 6.45) is 0. The second-order valence-corrected chi connectivity index (χ2v) is 5.02. The van der Waals surface area contributed by atoms with Crippen LogP contribution in [-0.2, 0) is 6.54 Å². The highest BCUT2D eigenvalue weighted by atomic mass is 79.9. The van der Waals surface area contributed by atoms with E-state index in [9.17, 15) is 4.39 Å². The predicted molar refractivity (Wildman–Crippen MR) is 68.8 cm³/mol. The molecule has 2 rings (SSSR count). The monoisotopic (exact) mass is 302 g/mol. The maximum absolute atomic E-state index is 13.7. The number of halogens is 2. The zero-order chi connectivity index (χ0) is 12.3. The van der Waals surface area contributed by atoms with Gasteiger partial charge in [-0.1, -0.05) is 15.9 Å². The van der Waals surface area contributed by atoms with Gasteiger partial charge in [0, 0.05) is 42.8 Å². The standard InChI is InChI=1S/C12H16BrFN2O/c1-17-12-9(6-10(13)7-11(12)14)8-16-4-2-15-3-5-16/h6-7,15H,2-5,8H2,1H3. The van der Waals surface area contributed by atoms with Crippen molar-refractivity contribution in [2.75, 3.05) is 33.3 Å². The largest absolute Gasteiger partial charge is 0.493 e. The van der Waals surface area contributed by atoms with Crippen LogP contribution in [0.1, 0.15) is 5.56 Å². The van der Waals surface area contributed by atoms with Gasteiger partial charge in [0.25, 0.3) is 0 Å². The molecule has 0 unspecified atom stereocenters. The first-order chi connectivity index (χ1) is 8.20. The average molecular weight is 303 g/mol. The molecule has 17 heavy (non-hydrogen) atoms. The molecule has 1 heterocycles. The third-order valence-corrected chi connectivity index (χ3v) is 3.35. The average Bonchev–Trinajstić information content (AvgIpc) is 2.30. The molecule has 3 nitrogen and oxygen atoms in total. The molecule has 94 valence electrons. The van der Waals surface area contributed by atoms with E-state index in [1.807, 2.05) is 6.07 Å². The van der Waals surface area contributed by atoms with Gasteiger partial charge in [0.2, 0.25) is 0 Å². The molecular formula is C12H16BrFN2O. The van der Waals surface area contributed by atoms with Crippen LogP contribution in [0.2, 0.25) is 0 Å². The van der Waals surface area contributed by atoms with Crippen molar-refractivity contribution in [1.82, 2.24) is 10.2 Å². The normalized spacial score (nSPS) is 17.1. The number of hydrogen-bond acceptors (Lipinski definition) is 3. The summed E-state index contributed by atoms with van der Waals surface area (Å²) >= 11 is 3.31. The van der Waals surface area contributed by atoms with Gasteiger partial charge in [0.05, 0.1) is 7.11 Å². The SMILES string of the molecule is COc1c(F)cc(Br)cc1CN1CCNCC1. The lowest BCUT2D eigenvalue weighted by molar-refractivity contribution is 0.229. The van der Waals surface area contributed by atoms with Gasteiger partial charge in [0.15, 0.2) is 11.6 Å². The minimum Gasteiger partial charge on any atom is -0.493 e. The van der Waals surface area contributed by atoms with Crippen LogP contribution in [0.25, 0.3) is 0 Å². The zero-order valence-electron chi connectivity index (χ0n) is 9.80. The topological polar surface area (TPSA) is 24.5 Å². The zero-order valence-corrected chi connectivity index (χ0v) is 11.4. The fraction of sp³-hybridized carbons (Fsp3) is 0.500. The Hall–Kier alpha value is -0.650. The lowest BCUT2D eigenvalue weighted by Crippen LogP contribution is -2.42. The fourth-order valence-corrected chi connectivity index (χ4v) is 2.55. The molecule has 1 fully saturated rings. The Balaban J connectivity index is 2.18. The Morgan fingerprint density at radius 1 is 1.41 bits per heavy atom. The lowest BCUT2D eigenvalue weighted by Gasteiger charge is -2.27. The van der Waals surface area contributed by atoms with Crippen molar-refractivity contribution in [1.29, 1.82) is 0 Å². The van der Waals surface area contributed by atoms with Gasteiger partial charge in [-0.3, -0.25) is 4.90 Å². The molecule has 5 heteroatoms. The van der Waals surface area contributed by atoms with E-state index < -0.39 is 0 Å². The number of rotatable bonds is 3. The van der Waals surface area contributed by atoms with E-state index in [0.29, 0.717) is 5.75 Å². The summed E-state index contributed by atoms with van der Waals surface area (Å²) in [5.74, 6) is 0.0405. The van der Waals surface area contributed by atoms with Gasteiger partial charge in [-0.15, -0.1) is 0 Å². The number of nitrogens with one attached hydrogen (secondary N) is 1. The Bertz CT molecular complexity index is 394. The number of piperazine rings is 1. The molecule has 0 aromatic heterocycles. The summed E-state index contributed by atoms with van der Waals surface area (Å²) in [6.45, 7) is 4.66. The molecular weight excluding hydrogens is 287 g/mol. The van der Waals surface area contributed by atoms with Gasteiger partial charge in [-0.2, -0.15) is 0 Å². The van der Waals surface area contributed by atoms with Crippen molar-refractivity contribution in [3.8, 4) is 5.75 Å². The van der Waals surface area contributed by atoms with Gasteiger partial charge in [-0.05, 0) is 12.1 Å². The molecule has 1 saturated heterocycles. The summed E-state index contributed by atoms with van der Waals surface area (Å²) in [5.41, 5.74) is 0.890. The van der Waals surface area contributed by atoms with Crippen molar-refractivity contribution in [3.05, 3.63) is 28.0 Å². The van der Waals surface area contributed by atoms with Gasteiger partial charge >= 0.3 is 0 Å². The van der Waals surface area contributed by atoms with Gasteiger partial charge in [0.1, 0.15) is 0 Å². The van der Waals surface area contributed by atoms with Crippen molar-refractivity contribution in [3.63, 3.8) is 0 Å². The van der Waals surface area contributed by atoms with Crippen molar-refractivity contribution in [2.45, 2.75) is 6.54 Å². The van der Waals surface area contributed by atoms with Crippen molar-refractivity contribution < 1.29 is 9.13 Å². The third kappa shape index (κ3) is 3.18. The molecule has 0 bridgehead atoms. The Kier molecular flexibility index (Phi) is 4.36. The summed E-state index contributed by atoms with van der Waals surface area (Å²) < 4.78 is 19.6. The van der Waals surface area contributed by atoms with Crippen molar-refractivity contribution >= 4 is 15.9 Å². The molecule has 0 saturated carbocycles. The third-order valence-electron chi connectivity index (χ3n) is 2.89. The van der Waals surface area contributed by atoms with E-state index in [2.05, 4.69) is 26.1 Å². The summed E-state index contributed by atoms with van der Waals surface area (Å²) in [6, 6.07) is 3.35. The van der Waals surface area contributed by atoms with E-state index in [0.717, 1.165) is 42.8 Å². The van der Waals surface area contributed by atoms with Crippen LogP contribution in [0, 0.1) is 5.82 Å². The van der Waals surface area contributed by atoms with E-state index in [1.165, 1.54) is 13.2 Å². The van der Waals surface area contributed by atoms with E-state index in [-0.39, 0.29) is 5.82 Å². The number of hydrogen-bond donors (Lipinski definition) is 1. The first-order valence-corrected chi connectivity index (χ1v) is 6.45. The fourth-order valence-electron chi connectivity index (χ4n) is 2.07. The number of ether oxygens (including phenoxy) is 1. The minimum absolute atomic E-state index is 0.313. The Morgan fingerprint density at radius 2 is 2.12 bits per heavy atom. The molecule has 1 aromatic carbocycles. The molecule has 1 aliphatic heterocycles. The quantitative estimate of drug-likeness (QED) is 0.924. The van der Waals surface area contributed by atoms with Crippen LogP contribution in [0.4, 0.5) is 4.39 Å². The molecule has 1 aromatic rings. The van der Waals surface area contributed by atoms with E-state index in [4.69, 9.17) is 4.74 Å². The van der Waals surface area contributed by atoms with Gasteiger partial charge in [-0.25, -0.2) is 4.39 Å². The molecule has 0 amide bonds. The molecule has 0 spiro atoms. The maximum atomic E-state index is 13.7. The molecule has 0 aliphatic carbocycles. The predicted octanol–water partition coefficient (Wildman–Crippen LogP) is 2.00. The van der Waals surface area contributed by atoms with Crippen LogP contribution in [0.15, 0.2) is 16.6 Å². The van der Waals surface area contributed by atoms with Gasteiger partial charge < -0.3 is 10.1 Å². The van der Waals surface area contributed by atoms with Crippen LogP contribution < -0.4 is 10.1 Å². The molecule has 0 radical (unpaired) electrons. The summed E-state index contributed by atoms with van der Waals surface area (Å²) in [5, 5.41) is 3.30. The van der Waals surface area contributed by atoms with E-state index >= 15 is 0 Å². The lowest BCUT2D eigenvalue weighted by atomic mass is 10.1. The second-order valence-electron chi connectivity index (χ2n) is 4.11. The molecule has 1 aliphatic rings. The highest BCUT2D eigenvalue weighted by Crippen LogP contribution is 2.28. The second kappa shape index (κ2) is 5.80. The highest BCUT2D eigenvalue weighted by Gasteiger charge is 2.15. The maximum Gasteiger partial charge on any atom is 0.166 e. The first kappa shape index (κ1) is 12.8. The summed E-state index contributed by atoms with van der Waals surface area (Å²) in [7, 11) is 1.51. The van der Waals surface area contributed by atoms with Crippen molar-refractivity contribution in [2.24, 2.45) is 0 Å².